The summed E-state index contributed by atoms with van der Waals surface area (Å²) in [5.41, 5.74) is 1.49. The smallest absolute Gasteiger partial charge is 0.260 e. The van der Waals surface area contributed by atoms with Gasteiger partial charge in [-0.05, 0) is 49.1 Å². The Morgan fingerprint density at radius 3 is 2.66 bits per heavy atom. The van der Waals surface area contributed by atoms with Crippen LogP contribution in [0.4, 0.5) is 5.69 Å². The molecule has 3 N–H and O–H groups in total. The summed E-state index contributed by atoms with van der Waals surface area (Å²) in [6.45, 7) is -0.313. The molecule has 1 aliphatic heterocycles. The second-order valence-electron chi connectivity index (χ2n) is 8.66. The van der Waals surface area contributed by atoms with Crippen molar-refractivity contribution in [1.29, 1.82) is 0 Å². The number of benzene rings is 2. The Kier molecular flexibility index (Phi) is 7.90. The number of hydrogen-bond donors (Lipinski definition) is 3. The van der Waals surface area contributed by atoms with Gasteiger partial charge >= 0.3 is 0 Å². The molecule has 0 saturated heterocycles. The van der Waals surface area contributed by atoms with Crippen molar-refractivity contribution in [1.82, 2.24) is 10.2 Å². The molecule has 186 valence electrons. The van der Waals surface area contributed by atoms with E-state index in [1.165, 1.54) is 21.9 Å². The molecule has 2 aliphatic rings. The van der Waals surface area contributed by atoms with Crippen LogP contribution in [0.15, 0.2) is 42.5 Å². The Hall–Kier alpha value is -3.14. The number of hydrogen-bond acceptors (Lipinski definition) is 6. The van der Waals surface area contributed by atoms with Gasteiger partial charge in [0, 0.05) is 12.2 Å². The van der Waals surface area contributed by atoms with Crippen LogP contribution in [-0.2, 0) is 16.1 Å². The van der Waals surface area contributed by atoms with Gasteiger partial charge in [-0.2, -0.15) is 0 Å². The number of nitrogens with one attached hydrogen (secondary N) is 1. The molecule has 3 amide bonds. The van der Waals surface area contributed by atoms with Crippen molar-refractivity contribution in [2.75, 3.05) is 31.2 Å². The average molecular weight is 502 g/mol. The summed E-state index contributed by atoms with van der Waals surface area (Å²) < 4.78 is 5.34. The molecule has 10 heteroatoms. The first-order valence-electron chi connectivity index (χ1n) is 11.6. The molecule has 2 aromatic rings. The number of aliphatic hydroxyl groups is 2. The number of carbonyl (C=O) groups excluding carboxylic acids is 3. The quantitative estimate of drug-likeness (QED) is 0.531. The molecule has 4 rings (SSSR count). The van der Waals surface area contributed by atoms with E-state index in [4.69, 9.17) is 21.4 Å². The first-order chi connectivity index (χ1) is 16.9. The predicted octanol–water partition coefficient (Wildman–Crippen LogP) is 1.73. The standard InChI is InChI=1S/C25H28ClN3O6/c26-19-12-17(35-11-10-30)8-9-18(19)25(34)29-15-24(33)28(13-16-4-1-2-6-21(16)29)14-23(32)27-20-5-3-7-22(20)31/h1-2,4,6,8-9,12,20,22,30-31H,3,5,7,10-11,13-15H2,(H,27,32)/t20-,22-/m1/s1. The van der Waals surface area contributed by atoms with E-state index in [9.17, 15) is 19.5 Å². The van der Waals surface area contributed by atoms with Crippen LogP contribution in [0.5, 0.6) is 5.75 Å². The Labute approximate surface area is 208 Å². The average Bonchev–Trinajstić information content (AvgIpc) is 3.18. The zero-order valence-electron chi connectivity index (χ0n) is 19.2. The van der Waals surface area contributed by atoms with Crippen LogP contribution in [-0.4, -0.2) is 71.3 Å². The minimum Gasteiger partial charge on any atom is -0.491 e. The third-order valence-electron chi connectivity index (χ3n) is 6.23. The van der Waals surface area contributed by atoms with Crippen molar-refractivity contribution in [3.05, 3.63) is 58.6 Å². The number of halogens is 1. The Bertz CT molecular complexity index is 1110. The van der Waals surface area contributed by atoms with Gasteiger partial charge in [0.2, 0.25) is 11.8 Å². The lowest BCUT2D eigenvalue weighted by atomic mass is 10.1. The van der Waals surface area contributed by atoms with Crippen molar-refractivity contribution in [2.24, 2.45) is 0 Å². The lowest BCUT2D eigenvalue weighted by Gasteiger charge is -2.24. The lowest BCUT2D eigenvalue weighted by molar-refractivity contribution is -0.135. The van der Waals surface area contributed by atoms with Gasteiger partial charge in [0.25, 0.3) is 5.91 Å². The molecular weight excluding hydrogens is 474 g/mol. The molecule has 0 spiro atoms. The molecule has 0 bridgehead atoms. The van der Waals surface area contributed by atoms with E-state index in [1.54, 1.807) is 18.2 Å². The van der Waals surface area contributed by atoms with Gasteiger partial charge in [-0.25, -0.2) is 0 Å². The number of rotatable bonds is 7. The normalized spacial score (nSPS) is 19.8. The van der Waals surface area contributed by atoms with Crippen LogP contribution in [0.25, 0.3) is 0 Å². The lowest BCUT2D eigenvalue weighted by Crippen LogP contribution is -2.47. The van der Waals surface area contributed by atoms with Crippen LogP contribution in [0.3, 0.4) is 0 Å². The highest BCUT2D eigenvalue weighted by Gasteiger charge is 2.32. The zero-order chi connectivity index (χ0) is 24.9. The van der Waals surface area contributed by atoms with Gasteiger partial charge in [0.15, 0.2) is 0 Å². The molecule has 2 aromatic carbocycles. The van der Waals surface area contributed by atoms with Crippen molar-refractivity contribution in [2.45, 2.75) is 38.0 Å². The second-order valence-corrected chi connectivity index (χ2v) is 9.06. The summed E-state index contributed by atoms with van der Waals surface area (Å²) in [7, 11) is 0. The van der Waals surface area contributed by atoms with Crippen molar-refractivity contribution in [3.8, 4) is 5.75 Å². The summed E-state index contributed by atoms with van der Waals surface area (Å²) in [6.07, 6.45) is 1.62. The van der Waals surface area contributed by atoms with E-state index >= 15 is 0 Å². The molecule has 9 nitrogen and oxygen atoms in total. The maximum atomic E-state index is 13.5. The van der Waals surface area contributed by atoms with Gasteiger partial charge in [-0.3, -0.25) is 19.3 Å². The maximum Gasteiger partial charge on any atom is 0.260 e. The van der Waals surface area contributed by atoms with Crippen LogP contribution in [0.2, 0.25) is 5.02 Å². The van der Waals surface area contributed by atoms with Crippen LogP contribution < -0.4 is 15.0 Å². The fourth-order valence-corrected chi connectivity index (χ4v) is 4.70. The summed E-state index contributed by atoms with van der Waals surface area (Å²) >= 11 is 6.36. The van der Waals surface area contributed by atoms with E-state index in [2.05, 4.69) is 5.32 Å². The predicted molar refractivity (Wildman–Crippen MR) is 129 cm³/mol. The summed E-state index contributed by atoms with van der Waals surface area (Å²) in [5, 5.41) is 21.9. The minimum absolute atomic E-state index is 0.0980. The third kappa shape index (κ3) is 5.75. The fourth-order valence-electron chi connectivity index (χ4n) is 4.45. The molecule has 1 heterocycles. The van der Waals surface area contributed by atoms with Gasteiger partial charge in [-0.1, -0.05) is 29.8 Å². The van der Waals surface area contributed by atoms with E-state index in [-0.39, 0.29) is 61.3 Å². The highest BCUT2D eigenvalue weighted by atomic mass is 35.5. The molecule has 35 heavy (non-hydrogen) atoms. The van der Waals surface area contributed by atoms with E-state index < -0.39 is 12.0 Å². The van der Waals surface area contributed by atoms with Crippen molar-refractivity contribution < 1.29 is 29.3 Å². The highest BCUT2D eigenvalue weighted by Crippen LogP contribution is 2.30. The molecule has 1 fully saturated rings. The number of anilines is 1. The number of carbonyl (C=O) groups is 3. The van der Waals surface area contributed by atoms with Crippen LogP contribution >= 0.6 is 11.6 Å². The first-order valence-corrected chi connectivity index (χ1v) is 11.9. The van der Waals surface area contributed by atoms with Crippen molar-refractivity contribution in [3.63, 3.8) is 0 Å². The molecule has 2 atom stereocenters. The Morgan fingerprint density at radius 1 is 1.14 bits per heavy atom. The Morgan fingerprint density at radius 2 is 1.94 bits per heavy atom. The van der Waals surface area contributed by atoms with Crippen molar-refractivity contribution >= 4 is 35.0 Å². The highest BCUT2D eigenvalue weighted by molar-refractivity contribution is 6.34. The molecule has 1 aliphatic carbocycles. The van der Waals surface area contributed by atoms with Gasteiger partial charge in [-0.15, -0.1) is 0 Å². The first kappa shape index (κ1) is 25.0. The SMILES string of the molecule is O=C(CN1Cc2ccccc2N(C(=O)c2ccc(OCCO)cc2Cl)CC1=O)N[C@@H]1CCC[C@H]1O. The molecule has 1 saturated carbocycles. The number of nitrogens with zero attached hydrogens (tertiary/aromatic N) is 2. The van der Waals surface area contributed by atoms with Crippen LogP contribution in [0, 0.1) is 0 Å². The van der Waals surface area contributed by atoms with E-state index in [1.807, 2.05) is 12.1 Å². The molecular formula is C25H28ClN3O6. The molecule has 0 aromatic heterocycles. The van der Waals surface area contributed by atoms with Crippen LogP contribution in [0.1, 0.15) is 35.2 Å². The number of para-hydroxylation sites is 1. The summed E-state index contributed by atoms with van der Waals surface area (Å²) in [4.78, 5) is 42.0. The second kappa shape index (κ2) is 11.1. The van der Waals surface area contributed by atoms with Gasteiger partial charge in [0.05, 0.1) is 35.9 Å². The largest absolute Gasteiger partial charge is 0.491 e. The van der Waals surface area contributed by atoms with E-state index in [0.29, 0.717) is 24.3 Å². The summed E-state index contributed by atoms with van der Waals surface area (Å²) in [5.74, 6) is -0.763. The monoisotopic (exact) mass is 501 g/mol. The van der Waals surface area contributed by atoms with E-state index in [0.717, 1.165) is 12.0 Å². The molecule has 0 unspecified atom stereocenters. The zero-order valence-corrected chi connectivity index (χ0v) is 19.9. The third-order valence-corrected chi connectivity index (χ3v) is 6.54. The molecule has 0 radical (unpaired) electrons. The topological polar surface area (TPSA) is 119 Å². The number of aliphatic hydroxyl groups excluding tert-OH is 2. The maximum absolute atomic E-state index is 13.5. The number of fused-ring (bicyclic) bond motifs is 1. The number of ether oxygens (including phenoxy) is 1. The Balaban J connectivity index is 1.53. The van der Waals surface area contributed by atoms with Gasteiger partial charge < -0.3 is 25.2 Å². The minimum atomic E-state index is -0.571. The van der Waals surface area contributed by atoms with Gasteiger partial charge in [0.1, 0.15) is 18.9 Å². The summed E-state index contributed by atoms with van der Waals surface area (Å²) in [6, 6.07) is 11.4. The number of amides is 3. The fraction of sp³-hybridized carbons (Fsp3) is 0.400.